The molecule has 0 atom stereocenters. The Hall–Kier alpha value is -1.58. The summed E-state index contributed by atoms with van der Waals surface area (Å²) in [6, 6.07) is 4.31. The molecule has 2 fully saturated rings. The lowest BCUT2D eigenvalue weighted by atomic mass is 9.78. The SMILES string of the molecule is CCCC1CCCCC1.CCC[C@H]1CC[C@H](CCc2ccc(OC(=O)O)cc2F)CC1. The number of ether oxygens (including phenoxy) is 1. The maximum Gasteiger partial charge on any atom is 0.511 e. The van der Waals surface area contributed by atoms with Gasteiger partial charge in [-0.05, 0) is 42.2 Å². The van der Waals surface area contributed by atoms with E-state index < -0.39 is 6.16 Å². The maximum absolute atomic E-state index is 13.9. The fraction of sp³-hybridized carbons (Fsp3) is 0.741. The van der Waals surface area contributed by atoms with Gasteiger partial charge >= 0.3 is 6.16 Å². The molecular formula is C27H43FO3. The van der Waals surface area contributed by atoms with Crippen molar-refractivity contribution < 1.29 is 19.0 Å². The van der Waals surface area contributed by atoms with Crippen LogP contribution in [0.1, 0.15) is 109 Å². The van der Waals surface area contributed by atoms with Crippen molar-refractivity contribution in [2.24, 2.45) is 17.8 Å². The van der Waals surface area contributed by atoms with Crippen LogP contribution in [-0.4, -0.2) is 11.3 Å². The van der Waals surface area contributed by atoms with Gasteiger partial charge in [-0.2, -0.15) is 0 Å². The third-order valence-corrected chi connectivity index (χ3v) is 7.14. The van der Waals surface area contributed by atoms with Gasteiger partial charge in [-0.15, -0.1) is 0 Å². The van der Waals surface area contributed by atoms with Gasteiger partial charge in [-0.25, -0.2) is 9.18 Å². The van der Waals surface area contributed by atoms with E-state index in [1.165, 1.54) is 89.5 Å². The first-order chi connectivity index (χ1) is 15.0. The van der Waals surface area contributed by atoms with E-state index in [-0.39, 0.29) is 11.6 Å². The van der Waals surface area contributed by atoms with E-state index in [2.05, 4.69) is 18.6 Å². The lowest BCUT2D eigenvalue weighted by Gasteiger charge is -2.28. The predicted molar refractivity (Wildman–Crippen MR) is 125 cm³/mol. The van der Waals surface area contributed by atoms with Gasteiger partial charge in [0.1, 0.15) is 11.6 Å². The molecule has 176 valence electrons. The smallest absolute Gasteiger partial charge is 0.449 e. The molecule has 4 heteroatoms. The van der Waals surface area contributed by atoms with Crippen LogP contribution in [0.5, 0.6) is 5.75 Å². The van der Waals surface area contributed by atoms with Crippen LogP contribution in [0, 0.1) is 23.6 Å². The van der Waals surface area contributed by atoms with Crippen LogP contribution in [0.3, 0.4) is 0 Å². The average Bonchev–Trinajstić information content (AvgIpc) is 2.75. The Bertz CT molecular complexity index is 629. The molecule has 3 nitrogen and oxygen atoms in total. The van der Waals surface area contributed by atoms with Gasteiger partial charge in [0.25, 0.3) is 0 Å². The van der Waals surface area contributed by atoms with Gasteiger partial charge in [-0.1, -0.05) is 103 Å². The van der Waals surface area contributed by atoms with Crippen molar-refractivity contribution in [1.29, 1.82) is 0 Å². The van der Waals surface area contributed by atoms with Crippen LogP contribution in [0.25, 0.3) is 0 Å². The maximum atomic E-state index is 13.9. The van der Waals surface area contributed by atoms with E-state index >= 15 is 0 Å². The standard InChI is InChI=1S/C18H25FO3.C9H18/c1-2-3-13-4-6-14(7-5-13)8-9-15-10-11-16(12-17(15)19)22-18(20)21;1-2-6-9-7-4-3-5-8-9/h10-14H,2-9H2,1H3,(H,20,21);9H,2-8H2,1H3/t13-,14-;. The highest BCUT2D eigenvalue weighted by Crippen LogP contribution is 2.34. The molecule has 0 unspecified atom stereocenters. The number of carboxylic acid groups (broad SMARTS) is 1. The van der Waals surface area contributed by atoms with Crippen molar-refractivity contribution >= 4 is 6.16 Å². The number of hydrogen-bond acceptors (Lipinski definition) is 2. The molecule has 0 amide bonds. The first kappa shape index (κ1) is 25.7. The van der Waals surface area contributed by atoms with Crippen LogP contribution in [0.4, 0.5) is 9.18 Å². The van der Waals surface area contributed by atoms with E-state index in [9.17, 15) is 9.18 Å². The number of benzene rings is 1. The highest BCUT2D eigenvalue weighted by atomic mass is 19.1. The molecule has 0 spiro atoms. The summed E-state index contributed by atoms with van der Waals surface area (Å²) in [7, 11) is 0. The fourth-order valence-electron chi connectivity index (χ4n) is 5.36. The molecular weight excluding hydrogens is 391 g/mol. The Labute approximate surface area is 188 Å². The predicted octanol–water partition coefficient (Wildman–Crippen LogP) is 8.79. The molecule has 1 aromatic rings. The molecule has 2 aliphatic rings. The van der Waals surface area contributed by atoms with Gasteiger partial charge in [0.05, 0.1) is 0 Å². The molecule has 0 heterocycles. The molecule has 2 aliphatic carbocycles. The molecule has 31 heavy (non-hydrogen) atoms. The zero-order chi connectivity index (χ0) is 22.5. The lowest BCUT2D eigenvalue weighted by Crippen LogP contribution is -2.15. The van der Waals surface area contributed by atoms with Crippen LogP contribution in [0.2, 0.25) is 0 Å². The zero-order valence-electron chi connectivity index (χ0n) is 19.7. The van der Waals surface area contributed by atoms with Crippen molar-refractivity contribution in [3.05, 3.63) is 29.6 Å². The van der Waals surface area contributed by atoms with Crippen LogP contribution in [-0.2, 0) is 6.42 Å². The van der Waals surface area contributed by atoms with E-state index in [1.807, 2.05) is 0 Å². The van der Waals surface area contributed by atoms with E-state index in [1.54, 1.807) is 6.07 Å². The highest BCUT2D eigenvalue weighted by Gasteiger charge is 2.20. The number of aryl methyl sites for hydroxylation is 1. The molecule has 1 N–H and O–H groups in total. The molecule has 0 aliphatic heterocycles. The summed E-state index contributed by atoms with van der Waals surface area (Å²) in [5.74, 6) is 2.35. The average molecular weight is 435 g/mol. The molecule has 0 saturated heterocycles. The molecule has 0 bridgehead atoms. The first-order valence-electron chi connectivity index (χ1n) is 12.7. The van der Waals surface area contributed by atoms with Crippen molar-refractivity contribution in [1.82, 2.24) is 0 Å². The minimum Gasteiger partial charge on any atom is -0.449 e. The summed E-state index contributed by atoms with van der Waals surface area (Å²) in [4.78, 5) is 10.4. The van der Waals surface area contributed by atoms with Gasteiger partial charge in [0.15, 0.2) is 0 Å². The summed E-state index contributed by atoms with van der Waals surface area (Å²) in [6.45, 7) is 4.54. The van der Waals surface area contributed by atoms with Gasteiger partial charge < -0.3 is 9.84 Å². The lowest BCUT2D eigenvalue weighted by molar-refractivity contribution is 0.144. The summed E-state index contributed by atoms with van der Waals surface area (Å²) in [6.07, 6.45) is 18.5. The molecule has 3 rings (SSSR count). The quantitative estimate of drug-likeness (QED) is 0.328. The number of carbonyl (C=O) groups is 1. The number of halogens is 1. The first-order valence-corrected chi connectivity index (χ1v) is 12.7. The summed E-state index contributed by atoms with van der Waals surface area (Å²) in [5.41, 5.74) is 0.647. The normalized spacial score (nSPS) is 21.8. The molecule has 1 aromatic carbocycles. The second kappa shape index (κ2) is 14.5. The minimum absolute atomic E-state index is 0.0359. The van der Waals surface area contributed by atoms with Crippen molar-refractivity contribution in [2.45, 2.75) is 110 Å². The Morgan fingerprint density at radius 2 is 1.45 bits per heavy atom. The summed E-state index contributed by atoms with van der Waals surface area (Å²) >= 11 is 0. The Morgan fingerprint density at radius 1 is 0.903 bits per heavy atom. The monoisotopic (exact) mass is 434 g/mol. The highest BCUT2D eigenvalue weighted by molar-refractivity contribution is 5.61. The van der Waals surface area contributed by atoms with Gasteiger partial charge in [-0.3, -0.25) is 0 Å². The summed E-state index contributed by atoms with van der Waals surface area (Å²) < 4.78 is 18.4. The van der Waals surface area contributed by atoms with Crippen molar-refractivity contribution in [3.63, 3.8) is 0 Å². The fourth-order valence-corrected chi connectivity index (χ4v) is 5.36. The van der Waals surface area contributed by atoms with E-state index in [0.717, 1.165) is 24.3 Å². The second-order valence-corrected chi connectivity index (χ2v) is 9.63. The molecule has 0 aromatic heterocycles. The van der Waals surface area contributed by atoms with Gasteiger partial charge in [0.2, 0.25) is 0 Å². The molecule has 2 saturated carbocycles. The van der Waals surface area contributed by atoms with Crippen LogP contribution >= 0.6 is 0 Å². The zero-order valence-corrected chi connectivity index (χ0v) is 19.7. The number of hydrogen-bond donors (Lipinski definition) is 1. The van der Waals surface area contributed by atoms with E-state index in [0.29, 0.717) is 17.9 Å². The van der Waals surface area contributed by atoms with Crippen molar-refractivity contribution in [2.75, 3.05) is 0 Å². The number of rotatable bonds is 8. The summed E-state index contributed by atoms with van der Waals surface area (Å²) in [5, 5.41) is 8.52. The molecule has 0 radical (unpaired) electrons. The third kappa shape index (κ3) is 10.1. The van der Waals surface area contributed by atoms with Crippen LogP contribution < -0.4 is 4.74 Å². The Balaban J connectivity index is 0.000000316. The van der Waals surface area contributed by atoms with Crippen molar-refractivity contribution in [3.8, 4) is 5.75 Å². The van der Waals surface area contributed by atoms with Gasteiger partial charge in [0, 0.05) is 6.07 Å². The second-order valence-electron chi connectivity index (χ2n) is 9.63. The minimum atomic E-state index is -1.42. The Kier molecular flexibility index (Phi) is 12.0. The van der Waals surface area contributed by atoms with E-state index in [4.69, 9.17) is 5.11 Å². The third-order valence-electron chi connectivity index (χ3n) is 7.14. The Morgan fingerprint density at radius 3 is 1.97 bits per heavy atom. The largest absolute Gasteiger partial charge is 0.511 e. The topological polar surface area (TPSA) is 46.5 Å². The van der Waals surface area contributed by atoms with Crippen LogP contribution in [0.15, 0.2) is 18.2 Å².